The lowest BCUT2D eigenvalue weighted by molar-refractivity contribution is -0.410. The van der Waals surface area contributed by atoms with Gasteiger partial charge in [-0.15, -0.1) is 11.3 Å². The summed E-state index contributed by atoms with van der Waals surface area (Å²) in [6, 6.07) is 13.0. The fourth-order valence-electron chi connectivity index (χ4n) is 2.48. The van der Waals surface area contributed by atoms with Crippen LogP contribution in [0.4, 0.5) is 10.2 Å². The van der Waals surface area contributed by atoms with E-state index in [1.165, 1.54) is 35.6 Å². The van der Waals surface area contributed by atoms with E-state index in [0.717, 1.165) is 16.6 Å². The van der Waals surface area contributed by atoms with Gasteiger partial charge in [-0.1, -0.05) is 17.8 Å². The number of thiophene rings is 1. The van der Waals surface area contributed by atoms with Crippen molar-refractivity contribution in [3.8, 4) is 22.6 Å². The summed E-state index contributed by atoms with van der Waals surface area (Å²) in [4.78, 5) is 15.9. The van der Waals surface area contributed by atoms with Crippen molar-refractivity contribution in [2.24, 2.45) is 0 Å². The number of thioether (sulfide) groups is 1. The molecule has 8 heteroatoms. The summed E-state index contributed by atoms with van der Waals surface area (Å²) >= 11 is 2.51. The molecule has 3 rings (SSSR count). The second-order valence-electron chi connectivity index (χ2n) is 5.41. The lowest BCUT2D eigenvalue weighted by Gasteiger charge is -2.08. The zero-order valence-corrected chi connectivity index (χ0v) is 15.5. The minimum Gasteiger partial charge on any atom is -0.293 e. The van der Waals surface area contributed by atoms with Crippen LogP contribution < -0.4 is 10.7 Å². The van der Waals surface area contributed by atoms with Crippen molar-refractivity contribution in [1.82, 2.24) is 0 Å². The van der Waals surface area contributed by atoms with Gasteiger partial charge in [0, 0.05) is 16.0 Å². The number of nitrogen functional groups attached to an aromatic ring is 1. The van der Waals surface area contributed by atoms with Gasteiger partial charge in [-0.25, -0.2) is 9.37 Å². The number of H-pyrrole nitrogens is 1. The third-order valence-corrected chi connectivity index (χ3v) is 5.64. The number of benzene rings is 1. The Morgan fingerprint density at radius 2 is 1.89 bits per heavy atom. The van der Waals surface area contributed by atoms with Crippen LogP contribution in [0, 0.1) is 28.5 Å². The van der Waals surface area contributed by atoms with Crippen molar-refractivity contribution in [2.75, 3.05) is 11.5 Å². The summed E-state index contributed by atoms with van der Waals surface area (Å²) in [5.74, 6) is -0.458. The molecule has 0 bridgehead atoms. The first-order valence-electron chi connectivity index (χ1n) is 7.69. The van der Waals surface area contributed by atoms with Crippen molar-refractivity contribution in [3.63, 3.8) is 0 Å². The number of aromatic amines is 1. The maximum absolute atomic E-state index is 13.0. The lowest BCUT2D eigenvalue weighted by Crippen LogP contribution is -2.19. The third kappa shape index (κ3) is 3.82. The first-order valence-corrected chi connectivity index (χ1v) is 9.56. The molecule has 0 aliphatic heterocycles. The Hall–Kier alpha value is -3.20. The molecule has 3 aromatic rings. The number of Topliss-reactive ketones (excluding diaryl/α,β-unsaturated/α-hetero) is 1. The molecule has 1 aromatic carbocycles. The summed E-state index contributed by atoms with van der Waals surface area (Å²) < 4.78 is 13.0. The van der Waals surface area contributed by atoms with E-state index in [-0.39, 0.29) is 28.5 Å². The van der Waals surface area contributed by atoms with Crippen LogP contribution in [-0.4, -0.2) is 11.5 Å². The number of nitrogens with zero attached hydrogens (tertiary/aromatic N) is 2. The Labute approximate surface area is 162 Å². The number of pyridine rings is 1. The molecule has 0 aliphatic carbocycles. The fraction of sp³-hybridized carbons (Fsp3) is 0.0526. The van der Waals surface area contributed by atoms with Crippen molar-refractivity contribution < 1.29 is 14.2 Å². The molecule has 0 aliphatic rings. The van der Waals surface area contributed by atoms with Crippen molar-refractivity contribution in [1.29, 1.82) is 10.5 Å². The molecule has 0 saturated heterocycles. The largest absolute Gasteiger partial charge is 0.293 e. The van der Waals surface area contributed by atoms with Gasteiger partial charge in [0.25, 0.3) is 5.82 Å². The van der Waals surface area contributed by atoms with Gasteiger partial charge in [-0.2, -0.15) is 10.5 Å². The summed E-state index contributed by atoms with van der Waals surface area (Å²) in [5, 5.41) is 21.4. The molecule has 0 radical (unpaired) electrons. The maximum Gasteiger partial charge on any atom is 0.289 e. The quantitative estimate of drug-likeness (QED) is 0.524. The molecule has 0 atom stereocenters. The lowest BCUT2D eigenvalue weighted by atomic mass is 10.0. The highest BCUT2D eigenvalue weighted by Gasteiger charge is 2.24. The number of anilines is 1. The monoisotopic (exact) mass is 395 g/mol. The molecule has 0 spiro atoms. The highest BCUT2D eigenvalue weighted by Crippen LogP contribution is 2.36. The number of aromatic nitrogens is 1. The van der Waals surface area contributed by atoms with Crippen LogP contribution in [-0.2, 0) is 0 Å². The highest BCUT2D eigenvalue weighted by molar-refractivity contribution is 7.99. The number of carbonyl (C=O) groups excluding carboxylic acids is 1. The molecule has 5 nitrogen and oxygen atoms in total. The van der Waals surface area contributed by atoms with E-state index in [1.54, 1.807) is 6.07 Å². The number of hydrogen-bond donors (Lipinski definition) is 1. The number of rotatable bonds is 5. The summed E-state index contributed by atoms with van der Waals surface area (Å²) in [7, 11) is 0. The normalized spacial score (nSPS) is 10.2. The number of nitrogens with one attached hydrogen (secondary N) is 1. The predicted octanol–water partition coefficient (Wildman–Crippen LogP) is 3.67. The number of hydrogen-bond acceptors (Lipinski definition) is 6. The molecule has 0 saturated carbocycles. The fourth-order valence-corrected chi connectivity index (χ4v) is 4.17. The number of nitrogens with two attached hydrogens (primary N) is 1. The van der Waals surface area contributed by atoms with Gasteiger partial charge >= 0.3 is 0 Å². The predicted molar refractivity (Wildman–Crippen MR) is 102 cm³/mol. The van der Waals surface area contributed by atoms with E-state index in [9.17, 15) is 19.7 Å². The van der Waals surface area contributed by atoms with Gasteiger partial charge in [-0.3, -0.25) is 10.5 Å². The van der Waals surface area contributed by atoms with Crippen molar-refractivity contribution in [3.05, 3.63) is 64.3 Å². The summed E-state index contributed by atoms with van der Waals surface area (Å²) in [6.45, 7) is 0. The minimum atomic E-state index is -0.417. The molecule has 132 valence electrons. The first kappa shape index (κ1) is 18.6. The van der Waals surface area contributed by atoms with Crippen LogP contribution in [0.2, 0.25) is 0 Å². The van der Waals surface area contributed by atoms with E-state index < -0.39 is 5.82 Å². The number of nitriles is 2. The van der Waals surface area contributed by atoms with Crippen molar-refractivity contribution in [2.45, 2.75) is 5.03 Å². The molecular formula is C19H12FN4OS2+. The van der Waals surface area contributed by atoms with Gasteiger partial charge in [0.1, 0.15) is 23.5 Å². The van der Waals surface area contributed by atoms with Crippen LogP contribution >= 0.6 is 23.1 Å². The Kier molecular flexibility index (Phi) is 5.51. The Balaban J connectivity index is 1.97. The second-order valence-corrected chi connectivity index (χ2v) is 7.35. The molecule has 3 N–H and O–H groups in total. The minimum absolute atomic E-state index is 0.0338. The standard InChI is InChI=1S/C19H11FN4OS2/c20-12-5-3-11(4-6-12)15(25)10-27-19-14(9-22)17(16-2-1-7-26-16)13(8-21)18(23)24-19/h1-7H,10H2,(H2,23,24)/p+1. The van der Waals surface area contributed by atoms with Gasteiger partial charge in [0.15, 0.2) is 16.4 Å². The zero-order valence-electron chi connectivity index (χ0n) is 13.8. The topological polar surface area (TPSA) is 105 Å². The molecule has 27 heavy (non-hydrogen) atoms. The first-order chi connectivity index (χ1) is 13.0. The SMILES string of the molecule is N#Cc1c(N)[nH+]c(SCC(=O)c2ccc(F)cc2)c(C#N)c1-c1cccs1. The molecule has 0 unspecified atom stereocenters. The van der Waals surface area contributed by atoms with Gasteiger partial charge in [0.2, 0.25) is 0 Å². The maximum atomic E-state index is 13.0. The van der Waals surface area contributed by atoms with Crippen molar-refractivity contribution >= 4 is 34.7 Å². The van der Waals surface area contributed by atoms with Crippen LogP contribution in [0.5, 0.6) is 0 Å². The number of carbonyl (C=O) groups is 1. The Bertz CT molecular complexity index is 1080. The molecule has 2 heterocycles. The zero-order chi connectivity index (χ0) is 19.4. The van der Waals surface area contributed by atoms with Crippen LogP contribution in [0.3, 0.4) is 0 Å². The Morgan fingerprint density at radius 1 is 1.19 bits per heavy atom. The summed E-state index contributed by atoms with van der Waals surface area (Å²) in [5.41, 5.74) is 7.27. The van der Waals surface area contributed by atoms with Crippen LogP contribution in [0.15, 0.2) is 46.8 Å². The average Bonchev–Trinajstić information content (AvgIpc) is 3.20. The second kappa shape index (κ2) is 8.00. The van der Waals surface area contributed by atoms with Crippen LogP contribution in [0.25, 0.3) is 10.4 Å². The molecule has 0 fully saturated rings. The van der Waals surface area contributed by atoms with Gasteiger partial charge in [0.05, 0.1) is 5.75 Å². The molecular weight excluding hydrogens is 383 g/mol. The van der Waals surface area contributed by atoms with E-state index in [0.29, 0.717) is 16.2 Å². The highest BCUT2D eigenvalue weighted by atomic mass is 32.2. The van der Waals surface area contributed by atoms with E-state index >= 15 is 0 Å². The molecule has 2 aromatic heterocycles. The third-order valence-electron chi connectivity index (χ3n) is 3.75. The molecule has 0 amide bonds. The average molecular weight is 395 g/mol. The van der Waals surface area contributed by atoms with Gasteiger partial charge < -0.3 is 0 Å². The van der Waals surface area contributed by atoms with E-state index in [1.807, 2.05) is 17.5 Å². The number of halogens is 1. The summed E-state index contributed by atoms with van der Waals surface area (Å²) in [6.07, 6.45) is 0. The van der Waals surface area contributed by atoms with Crippen LogP contribution in [0.1, 0.15) is 21.5 Å². The van der Waals surface area contributed by atoms with Gasteiger partial charge in [-0.05, 0) is 35.7 Å². The Morgan fingerprint density at radius 3 is 2.48 bits per heavy atom. The number of ketones is 1. The smallest absolute Gasteiger partial charge is 0.289 e. The van der Waals surface area contributed by atoms with E-state index in [4.69, 9.17) is 5.73 Å². The van der Waals surface area contributed by atoms with E-state index in [2.05, 4.69) is 11.1 Å².